The summed E-state index contributed by atoms with van der Waals surface area (Å²) in [4.78, 5) is 10.3. The van der Waals surface area contributed by atoms with Crippen LogP contribution in [0.5, 0.6) is 5.75 Å². The number of aliphatic hydroxyl groups is 1. The molecule has 112 valence electrons. The third-order valence-electron chi connectivity index (χ3n) is 2.63. The van der Waals surface area contributed by atoms with Gasteiger partial charge in [-0.3, -0.25) is 10.1 Å². The molecule has 0 saturated carbocycles. The maximum atomic E-state index is 10.8. The van der Waals surface area contributed by atoms with Gasteiger partial charge in [0, 0.05) is 6.07 Å². The first kappa shape index (κ1) is 15.0. The highest BCUT2D eigenvalue weighted by atomic mass is 16.6. The van der Waals surface area contributed by atoms with E-state index in [9.17, 15) is 15.2 Å². The quantitative estimate of drug-likeness (QED) is 0.592. The van der Waals surface area contributed by atoms with Gasteiger partial charge in [0.2, 0.25) is 0 Å². The minimum atomic E-state index is -0.889. The van der Waals surface area contributed by atoms with Gasteiger partial charge in [-0.1, -0.05) is 12.1 Å². The zero-order valence-electron chi connectivity index (χ0n) is 11.2. The first-order valence-electron chi connectivity index (χ1n) is 6.31. The molecule has 1 aromatic heterocycles. The van der Waals surface area contributed by atoms with E-state index in [1.807, 2.05) is 0 Å². The van der Waals surface area contributed by atoms with Gasteiger partial charge in [-0.25, -0.2) is 0 Å². The normalized spacial score (nSPS) is 12.0. The molecule has 0 aliphatic heterocycles. The third-order valence-corrected chi connectivity index (χ3v) is 2.63. The second-order valence-electron chi connectivity index (χ2n) is 4.28. The third kappa shape index (κ3) is 4.59. The highest BCUT2D eigenvalue weighted by Crippen LogP contribution is 2.25. The average Bonchev–Trinajstić information content (AvgIpc) is 2.98. The lowest BCUT2D eigenvalue weighted by atomic mass is 10.3. The molecule has 0 saturated heterocycles. The Labute approximate surface area is 120 Å². The standard InChI is InChI=1S/C14H15NO6/c16-11(8-19-10-12-4-3-7-20-12)9-21-14-6-2-1-5-13(14)15(17)18/h1-7,11,16H,8-10H2. The van der Waals surface area contributed by atoms with E-state index in [-0.39, 0.29) is 31.3 Å². The van der Waals surface area contributed by atoms with E-state index in [4.69, 9.17) is 13.9 Å². The molecule has 7 nitrogen and oxygen atoms in total. The monoisotopic (exact) mass is 293 g/mol. The summed E-state index contributed by atoms with van der Waals surface area (Å²) < 4.78 is 15.6. The van der Waals surface area contributed by atoms with Gasteiger partial charge in [0.1, 0.15) is 25.1 Å². The van der Waals surface area contributed by atoms with Crippen LogP contribution in [0, 0.1) is 10.1 Å². The van der Waals surface area contributed by atoms with Gasteiger partial charge in [0.25, 0.3) is 0 Å². The number of furan rings is 1. The molecule has 7 heteroatoms. The smallest absolute Gasteiger partial charge is 0.310 e. The largest absolute Gasteiger partial charge is 0.484 e. The Morgan fingerprint density at radius 3 is 2.76 bits per heavy atom. The van der Waals surface area contributed by atoms with E-state index in [0.29, 0.717) is 5.76 Å². The van der Waals surface area contributed by atoms with E-state index < -0.39 is 11.0 Å². The van der Waals surface area contributed by atoms with Crippen LogP contribution in [-0.4, -0.2) is 29.3 Å². The molecule has 1 N–H and O–H groups in total. The van der Waals surface area contributed by atoms with Crippen LogP contribution in [0.4, 0.5) is 5.69 Å². The number of hydrogen-bond donors (Lipinski definition) is 1. The summed E-state index contributed by atoms with van der Waals surface area (Å²) in [5.41, 5.74) is -0.138. The molecule has 0 aliphatic carbocycles. The fourth-order valence-electron chi connectivity index (χ4n) is 1.65. The van der Waals surface area contributed by atoms with E-state index >= 15 is 0 Å². The second-order valence-corrected chi connectivity index (χ2v) is 4.28. The predicted octanol–water partition coefficient (Wildman–Crippen LogP) is 2.14. The second kappa shape index (κ2) is 7.41. The van der Waals surface area contributed by atoms with Crippen LogP contribution in [0.2, 0.25) is 0 Å². The van der Waals surface area contributed by atoms with Crippen molar-refractivity contribution in [1.29, 1.82) is 0 Å². The first-order chi connectivity index (χ1) is 10.2. The van der Waals surface area contributed by atoms with Crippen molar-refractivity contribution in [3.8, 4) is 5.75 Å². The van der Waals surface area contributed by atoms with Gasteiger partial charge in [0.15, 0.2) is 5.75 Å². The number of nitro benzene ring substituents is 1. The van der Waals surface area contributed by atoms with Crippen molar-refractivity contribution >= 4 is 5.69 Å². The topological polar surface area (TPSA) is 95.0 Å². The summed E-state index contributed by atoms with van der Waals surface area (Å²) in [5, 5.41) is 20.5. The lowest BCUT2D eigenvalue weighted by Gasteiger charge is -2.12. The Morgan fingerprint density at radius 2 is 2.05 bits per heavy atom. The van der Waals surface area contributed by atoms with Crippen LogP contribution in [0.25, 0.3) is 0 Å². The molecule has 21 heavy (non-hydrogen) atoms. The van der Waals surface area contributed by atoms with Crippen molar-refractivity contribution in [2.75, 3.05) is 13.2 Å². The Balaban J connectivity index is 1.76. The van der Waals surface area contributed by atoms with Crippen LogP contribution in [0.15, 0.2) is 47.1 Å². The molecule has 1 unspecified atom stereocenters. The Hall–Kier alpha value is -2.38. The molecule has 2 aromatic rings. The number of rotatable bonds is 8. The molecule has 1 atom stereocenters. The van der Waals surface area contributed by atoms with Crippen molar-refractivity contribution < 1.29 is 23.9 Å². The number of ether oxygens (including phenoxy) is 2. The molecule has 0 amide bonds. The van der Waals surface area contributed by atoms with Gasteiger partial charge in [-0.05, 0) is 18.2 Å². The fraction of sp³-hybridized carbons (Fsp3) is 0.286. The van der Waals surface area contributed by atoms with E-state index in [2.05, 4.69) is 0 Å². The van der Waals surface area contributed by atoms with Crippen molar-refractivity contribution in [3.05, 3.63) is 58.5 Å². The van der Waals surface area contributed by atoms with Gasteiger partial charge in [0.05, 0.1) is 17.8 Å². The first-order valence-corrected chi connectivity index (χ1v) is 6.31. The molecule has 0 aliphatic rings. The summed E-state index contributed by atoms with van der Waals surface area (Å²) in [6.45, 7) is 0.194. The number of aliphatic hydroxyl groups excluding tert-OH is 1. The van der Waals surface area contributed by atoms with Gasteiger partial charge < -0.3 is 19.0 Å². The Bertz CT molecular complexity index is 569. The zero-order chi connectivity index (χ0) is 15.1. The molecule has 0 fully saturated rings. The summed E-state index contributed by atoms with van der Waals surface area (Å²) in [6.07, 6.45) is 0.645. The highest BCUT2D eigenvalue weighted by Gasteiger charge is 2.15. The molecular formula is C14H15NO6. The lowest BCUT2D eigenvalue weighted by Crippen LogP contribution is -2.23. The van der Waals surface area contributed by atoms with E-state index in [1.54, 1.807) is 24.3 Å². The van der Waals surface area contributed by atoms with Crippen LogP contribution >= 0.6 is 0 Å². The number of nitrogens with zero attached hydrogens (tertiary/aromatic N) is 1. The van der Waals surface area contributed by atoms with Crippen LogP contribution in [0.1, 0.15) is 5.76 Å². The molecule has 1 heterocycles. The number of benzene rings is 1. The van der Waals surface area contributed by atoms with Crippen LogP contribution in [0.3, 0.4) is 0 Å². The van der Waals surface area contributed by atoms with Crippen molar-refractivity contribution in [1.82, 2.24) is 0 Å². The van der Waals surface area contributed by atoms with Crippen molar-refractivity contribution in [3.63, 3.8) is 0 Å². The number of para-hydroxylation sites is 2. The number of nitro groups is 1. The Morgan fingerprint density at radius 1 is 1.24 bits per heavy atom. The summed E-state index contributed by atoms with van der Waals surface area (Å²) >= 11 is 0. The van der Waals surface area contributed by atoms with Gasteiger partial charge in [-0.2, -0.15) is 0 Å². The minimum absolute atomic E-state index is 0.0430. The van der Waals surface area contributed by atoms with E-state index in [0.717, 1.165) is 0 Å². The van der Waals surface area contributed by atoms with Gasteiger partial charge >= 0.3 is 5.69 Å². The lowest BCUT2D eigenvalue weighted by molar-refractivity contribution is -0.385. The molecule has 0 bridgehead atoms. The molecular weight excluding hydrogens is 278 g/mol. The molecule has 1 aromatic carbocycles. The molecule has 0 radical (unpaired) electrons. The number of hydrogen-bond acceptors (Lipinski definition) is 6. The molecule has 2 rings (SSSR count). The summed E-state index contributed by atoms with van der Waals surface area (Å²) in [5.74, 6) is 0.773. The fourth-order valence-corrected chi connectivity index (χ4v) is 1.65. The maximum absolute atomic E-state index is 10.8. The SMILES string of the molecule is O=[N+]([O-])c1ccccc1OCC(O)COCc1ccco1. The van der Waals surface area contributed by atoms with Gasteiger partial charge in [-0.15, -0.1) is 0 Å². The predicted molar refractivity (Wildman–Crippen MR) is 73.0 cm³/mol. The minimum Gasteiger partial charge on any atom is -0.484 e. The maximum Gasteiger partial charge on any atom is 0.310 e. The average molecular weight is 293 g/mol. The van der Waals surface area contributed by atoms with Crippen LogP contribution in [-0.2, 0) is 11.3 Å². The van der Waals surface area contributed by atoms with Crippen LogP contribution < -0.4 is 4.74 Å². The summed E-state index contributed by atoms with van der Waals surface area (Å²) in [6, 6.07) is 9.50. The van der Waals surface area contributed by atoms with E-state index in [1.165, 1.54) is 18.4 Å². The van der Waals surface area contributed by atoms with Crippen molar-refractivity contribution in [2.45, 2.75) is 12.7 Å². The van der Waals surface area contributed by atoms with Crippen molar-refractivity contribution in [2.24, 2.45) is 0 Å². The summed E-state index contributed by atoms with van der Waals surface area (Å²) in [7, 11) is 0. The zero-order valence-corrected chi connectivity index (χ0v) is 11.2. The molecule has 0 spiro atoms. The Kier molecular flexibility index (Phi) is 5.30. The highest BCUT2D eigenvalue weighted by molar-refractivity contribution is 5.45.